The minimum atomic E-state index is 0. The summed E-state index contributed by atoms with van der Waals surface area (Å²) in [5.41, 5.74) is 5.97. The number of carbonyl (C=O) groups is 2. The zero-order chi connectivity index (χ0) is 21.1. The highest BCUT2D eigenvalue weighted by molar-refractivity contribution is 14.0. The third kappa shape index (κ3) is 10.3. The number of aliphatic imine (C=N–C) groups is 1. The van der Waals surface area contributed by atoms with E-state index in [4.69, 9.17) is 5.73 Å². The summed E-state index contributed by atoms with van der Waals surface area (Å²) in [6.45, 7) is 7.50. The maximum atomic E-state index is 12.4. The average Bonchev–Trinajstić information content (AvgIpc) is 2.70. The lowest BCUT2D eigenvalue weighted by Crippen LogP contribution is -2.50. The third-order valence-electron chi connectivity index (χ3n) is 5.86. The summed E-state index contributed by atoms with van der Waals surface area (Å²) in [6.07, 6.45) is 10.3. The molecule has 2 aliphatic rings. The van der Waals surface area contributed by atoms with Crippen molar-refractivity contribution in [3.05, 3.63) is 0 Å². The molecule has 2 rings (SSSR count). The molecule has 0 bridgehead atoms. The van der Waals surface area contributed by atoms with E-state index in [2.05, 4.69) is 24.2 Å². The molecule has 1 saturated carbocycles. The highest BCUT2D eigenvalue weighted by Crippen LogP contribution is 2.17. The molecule has 0 atom stereocenters. The van der Waals surface area contributed by atoms with Crippen molar-refractivity contribution in [2.24, 2.45) is 16.6 Å². The summed E-state index contributed by atoms with van der Waals surface area (Å²) < 4.78 is 0. The van der Waals surface area contributed by atoms with Crippen molar-refractivity contribution in [3.63, 3.8) is 0 Å². The first-order valence-electron chi connectivity index (χ1n) is 11.6. The first-order chi connectivity index (χ1) is 14.0. The topological polar surface area (TPSA) is 91.0 Å². The van der Waals surface area contributed by atoms with E-state index in [0.29, 0.717) is 56.9 Å². The molecule has 0 unspecified atom stereocenters. The molecule has 3 N–H and O–H groups in total. The lowest BCUT2D eigenvalue weighted by Gasteiger charge is -2.35. The van der Waals surface area contributed by atoms with Gasteiger partial charge in [0, 0.05) is 51.6 Å². The number of rotatable bonds is 9. The number of nitrogens with zero attached hydrogens (tertiary/aromatic N) is 3. The summed E-state index contributed by atoms with van der Waals surface area (Å²) in [4.78, 5) is 32.7. The first kappa shape index (κ1) is 27.0. The van der Waals surface area contributed by atoms with E-state index in [0.717, 1.165) is 25.8 Å². The largest absolute Gasteiger partial charge is 0.370 e. The summed E-state index contributed by atoms with van der Waals surface area (Å²) >= 11 is 0. The van der Waals surface area contributed by atoms with Crippen LogP contribution in [0, 0.1) is 5.92 Å². The van der Waals surface area contributed by atoms with Crippen molar-refractivity contribution in [2.75, 3.05) is 32.7 Å². The average molecular weight is 536 g/mol. The molecule has 2 fully saturated rings. The number of hydrogen-bond acceptors (Lipinski definition) is 3. The summed E-state index contributed by atoms with van der Waals surface area (Å²) in [5.74, 6) is 1.37. The van der Waals surface area contributed by atoms with Gasteiger partial charge in [-0.05, 0) is 31.6 Å². The van der Waals surface area contributed by atoms with E-state index in [1.807, 2.05) is 9.80 Å². The summed E-state index contributed by atoms with van der Waals surface area (Å²) in [7, 11) is 0. The monoisotopic (exact) mass is 535 g/mol. The second-order valence-corrected chi connectivity index (χ2v) is 8.92. The van der Waals surface area contributed by atoms with Crippen molar-refractivity contribution >= 4 is 41.8 Å². The van der Waals surface area contributed by atoms with Crippen LogP contribution >= 0.6 is 24.0 Å². The standard InChI is InChI=1S/C22H41N5O2.HI/c1-18(2)17-21(29)27-15-13-26(14-16-27)20(28)11-7-4-8-12-24-22(23)25-19-9-5-3-6-10-19;/h18-19H,3-17H2,1-2H3,(H3,23,24,25);1H. The van der Waals surface area contributed by atoms with Gasteiger partial charge < -0.3 is 20.9 Å². The number of piperazine rings is 1. The molecule has 1 aliphatic heterocycles. The number of amides is 2. The van der Waals surface area contributed by atoms with Gasteiger partial charge in [-0.25, -0.2) is 0 Å². The summed E-state index contributed by atoms with van der Waals surface area (Å²) in [5, 5.41) is 3.33. The van der Waals surface area contributed by atoms with Crippen LogP contribution in [-0.2, 0) is 9.59 Å². The minimum absolute atomic E-state index is 0. The highest BCUT2D eigenvalue weighted by atomic mass is 127. The number of hydrogen-bond donors (Lipinski definition) is 2. The van der Waals surface area contributed by atoms with Gasteiger partial charge in [-0.3, -0.25) is 14.6 Å². The van der Waals surface area contributed by atoms with Crippen LogP contribution in [0.25, 0.3) is 0 Å². The third-order valence-corrected chi connectivity index (χ3v) is 5.86. The number of nitrogens with two attached hydrogens (primary N) is 1. The Balaban J connectivity index is 0.00000450. The van der Waals surface area contributed by atoms with Gasteiger partial charge in [-0.15, -0.1) is 24.0 Å². The fraction of sp³-hybridized carbons (Fsp3) is 0.864. The van der Waals surface area contributed by atoms with Crippen LogP contribution < -0.4 is 11.1 Å². The normalized spacial score (nSPS) is 18.3. The van der Waals surface area contributed by atoms with E-state index in [-0.39, 0.29) is 35.8 Å². The Labute approximate surface area is 199 Å². The molecule has 0 aromatic rings. The molecule has 1 saturated heterocycles. The number of unbranched alkanes of at least 4 members (excludes halogenated alkanes) is 2. The minimum Gasteiger partial charge on any atom is -0.370 e. The predicted octanol–water partition coefficient (Wildman–Crippen LogP) is 3.12. The van der Waals surface area contributed by atoms with Crippen LogP contribution in [0.4, 0.5) is 0 Å². The van der Waals surface area contributed by atoms with E-state index in [1.165, 1.54) is 32.1 Å². The lowest BCUT2D eigenvalue weighted by molar-refractivity contribution is -0.140. The lowest BCUT2D eigenvalue weighted by atomic mass is 9.96. The number of halogens is 1. The Morgan fingerprint density at radius 2 is 1.57 bits per heavy atom. The quantitative estimate of drug-likeness (QED) is 0.206. The predicted molar refractivity (Wildman–Crippen MR) is 133 cm³/mol. The van der Waals surface area contributed by atoms with Crippen LogP contribution in [-0.4, -0.2) is 66.3 Å². The Morgan fingerprint density at radius 3 is 2.17 bits per heavy atom. The van der Waals surface area contributed by atoms with Crippen LogP contribution in [0.5, 0.6) is 0 Å². The molecular weight excluding hydrogens is 493 g/mol. The fourth-order valence-electron chi connectivity index (χ4n) is 4.11. The zero-order valence-electron chi connectivity index (χ0n) is 18.9. The maximum absolute atomic E-state index is 12.4. The van der Waals surface area contributed by atoms with Gasteiger partial charge in [0.1, 0.15) is 0 Å². The molecule has 1 heterocycles. The molecule has 1 aliphatic carbocycles. The number of carbonyl (C=O) groups excluding carboxylic acids is 2. The van der Waals surface area contributed by atoms with Gasteiger partial charge in [-0.2, -0.15) is 0 Å². The molecule has 30 heavy (non-hydrogen) atoms. The highest BCUT2D eigenvalue weighted by Gasteiger charge is 2.23. The van der Waals surface area contributed by atoms with Crippen molar-refractivity contribution in [2.45, 2.75) is 84.1 Å². The van der Waals surface area contributed by atoms with Crippen molar-refractivity contribution in [1.29, 1.82) is 0 Å². The second kappa shape index (κ2) is 14.9. The van der Waals surface area contributed by atoms with Crippen molar-refractivity contribution < 1.29 is 9.59 Å². The van der Waals surface area contributed by atoms with Gasteiger partial charge in [0.2, 0.25) is 11.8 Å². The molecule has 0 spiro atoms. The van der Waals surface area contributed by atoms with Crippen LogP contribution in [0.15, 0.2) is 4.99 Å². The molecule has 0 aromatic heterocycles. The van der Waals surface area contributed by atoms with E-state index >= 15 is 0 Å². The van der Waals surface area contributed by atoms with E-state index in [1.54, 1.807) is 0 Å². The van der Waals surface area contributed by atoms with Crippen molar-refractivity contribution in [1.82, 2.24) is 15.1 Å². The van der Waals surface area contributed by atoms with Gasteiger partial charge in [-0.1, -0.05) is 39.5 Å². The van der Waals surface area contributed by atoms with Crippen LogP contribution in [0.1, 0.15) is 78.1 Å². The molecule has 174 valence electrons. The second-order valence-electron chi connectivity index (χ2n) is 8.92. The Morgan fingerprint density at radius 1 is 0.967 bits per heavy atom. The molecule has 7 nitrogen and oxygen atoms in total. The smallest absolute Gasteiger partial charge is 0.222 e. The molecule has 8 heteroatoms. The SMILES string of the molecule is CC(C)CC(=O)N1CCN(C(=O)CCCCCN=C(N)NC2CCCCC2)CC1.I. The molecule has 0 aromatic carbocycles. The zero-order valence-corrected chi connectivity index (χ0v) is 21.2. The van der Waals surface area contributed by atoms with Crippen LogP contribution in [0.2, 0.25) is 0 Å². The summed E-state index contributed by atoms with van der Waals surface area (Å²) in [6, 6.07) is 0.492. The van der Waals surface area contributed by atoms with E-state index < -0.39 is 0 Å². The van der Waals surface area contributed by atoms with Gasteiger partial charge in [0.15, 0.2) is 5.96 Å². The van der Waals surface area contributed by atoms with Crippen molar-refractivity contribution in [3.8, 4) is 0 Å². The Bertz CT molecular complexity index is 542. The first-order valence-corrected chi connectivity index (χ1v) is 11.6. The molecule has 0 radical (unpaired) electrons. The maximum Gasteiger partial charge on any atom is 0.222 e. The fourth-order valence-corrected chi connectivity index (χ4v) is 4.11. The number of nitrogens with one attached hydrogen (secondary N) is 1. The number of guanidine groups is 1. The van der Waals surface area contributed by atoms with Gasteiger partial charge in [0.25, 0.3) is 0 Å². The molecule has 2 amide bonds. The Kier molecular flexibility index (Phi) is 13.4. The van der Waals surface area contributed by atoms with E-state index in [9.17, 15) is 9.59 Å². The van der Waals surface area contributed by atoms with Crippen LogP contribution in [0.3, 0.4) is 0 Å². The van der Waals surface area contributed by atoms with Gasteiger partial charge >= 0.3 is 0 Å². The Hall–Kier alpha value is -1.06. The van der Waals surface area contributed by atoms with Gasteiger partial charge in [0.05, 0.1) is 0 Å². The molecular formula is C22H42IN5O2.